The fourth-order valence-electron chi connectivity index (χ4n) is 2.58. The van der Waals surface area contributed by atoms with Gasteiger partial charge in [-0.15, -0.1) is 16.6 Å². The molecule has 10 nitrogen and oxygen atoms in total. The van der Waals surface area contributed by atoms with Crippen molar-refractivity contribution in [1.82, 2.24) is 30.4 Å². The molecule has 0 unspecified atom stereocenters. The summed E-state index contributed by atoms with van der Waals surface area (Å²) in [6.45, 7) is 3.83. The van der Waals surface area contributed by atoms with Gasteiger partial charge in [-0.25, -0.2) is 9.89 Å². The SMILES string of the molecule is C=c1[nH]n(-c2nnn[n-]2)c(=O)/c1=C/c1ccc(OC(=O)c2cccs2)c(OC)c1. The summed E-state index contributed by atoms with van der Waals surface area (Å²) in [4.78, 5) is 25.3. The molecular formula is C18H13N6O4S-. The highest BCUT2D eigenvalue weighted by atomic mass is 32.1. The molecule has 0 aliphatic rings. The Labute approximate surface area is 166 Å². The number of methoxy groups -OCH3 is 1. The van der Waals surface area contributed by atoms with Crippen LogP contribution < -0.4 is 30.7 Å². The molecule has 0 aliphatic heterocycles. The molecule has 11 heteroatoms. The van der Waals surface area contributed by atoms with Crippen LogP contribution in [0.2, 0.25) is 0 Å². The molecule has 0 radical (unpaired) electrons. The number of benzene rings is 1. The van der Waals surface area contributed by atoms with E-state index in [4.69, 9.17) is 9.47 Å². The van der Waals surface area contributed by atoms with E-state index < -0.39 is 11.5 Å². The van der Waals surface area contributed by atoms with Gasteiger partial charge in [0.15, 0.2) is 11.5 Å². The predicted molar refractivity (Wildman–Crippen MR) is 104 cm³/mol. The maximum absolute atomic E-state index is 12.6. The number of thiophene rings is 1. The fourth-order valence-corrected chi connectivity index (χ4v) is 3.18. The Morgan fingerprint density at radius 3 is 2.90 bits per heavy atom. The minimum atomic E-state index is -0.472. The van der Waals surface area contributed by atoms with Crippen LogP contribution in [-0.2, 0) is 0 Å². The molecule has 1 aromatic carbocycles. The van der Waals surface area contributed by atoms with E-state index in [1.165, 1.54) is 18.4 Å². The number of aromatic amines is 1. The molecule has 0 atom stereocenters. The lowest BCUT2D eigenvalue weighted by Crippen LogP contribution is -2.34. The fraction of sp³-hybridized carbons (Fsp3) is 0.0556. The van der Waals surface area contributed by atoms with E-state index >= 15 is 0 Å². The number of esters is 1. The number of aromatic nitrogens is 6. The molecule has 0 aliphatic carbocycles. The van der Waals surface area contributed by atoms with E-state index in [0.29, 0.717) is 26.8 Å². The first-order valence-electron chi connectivity index (χ1n) is 8.21. The first kappa shape index (κ1) is 18.4. The third-order valence-electron chi connectivity index (χ3n) is 3.94. The van der Waals surface area contributed by atoms with Gasteiger partial charge < -0.3 is 14.6 Å². The summed E-state index contributed by atoms with van der Waals surface area (Å²) in [7, 11) is 1.46. The van der Waals surface area contributed by atoms with E-state index in [1.54, 1.807) is 41.8 Å². The normalized spacial score (nSPS) is 11.6. The Hall–Kier alpha value is -3.99. The van der Waals surface area contributed by atoms with Gasteiger partial charge in [0.2, 0.25) is 5.56 Å². The van der Waals surface area contributed by atoms with Crippen LogP contribution >= 0.6 is 11.3 Å². The van der Waals surface area contributed by atoms with Crippen molar-refractivity contribution >= 4 is 30.0 Å². The molecule has 4 rings (SSSR count). The van der Waals surface area contributed by atoms with Crippen LogP contribution in [0.15, 0.2) is 40.5 Å². The summed E-state index contributed by atoms with van der Waals surface area (Å²) in [6.07, 6.45) is 1.62. The van der Waals surface area contributed by atoms with Crippen molar-refractivity contribution in [3.05, 3.63) is 67.1 Å². The smallest absolute Gasteiger partial charge is 0.353 e. The van der Waals surface area contributed by atoms with Crippen LogP contribution in [0.25, 0.3) is 18.6 Å². The molecular weight excluding hydrogens is 396 g/mol. The third kappa shape index (κ3) is 3.58. The van der Waals surface area contributed by atoms with E-state index in [0.717, 1.165) is 4.68 Å². The van der Waals surface area contributed by atoms with Crippen molar-refractivity contribution in [2.75, 3.05) is 7.11 Å². The first-order chi connectivity index (χ1) is 14.1. The van der Waals surface area contributed by atoms with Gasteiger partial charge in [0.05, 0.1) is 12.3 Å². The van der Waals surface area contributed by atoms with Gasteiger partial charge in [-0.3, -0.25) is 14.6 Å². The molecule has 146 valence electrons. The second-order valence-corrected chi connectivity index (χ2v) is 6.69. The maximum Gasteiger partial charge on any atom is 0.353 e. The monoisotopic (exact) mass is 409 g/mol. The van der Waals surface area contributed by atoms with E-state index in [2.05, 4.69) is 32.3 Å². The minimum Gasteiger partial charge on any atom is -0.493 e. The van der Waals surface area contributed by atoms with Crippen molar-refractivity contribution < 1.29 is 14.3 Å². The lowest BCUT2D eigenvalue weighted by atomic mass is 10.1. The summed E-state index contributed by atoms with van der Waals surface area (Å²) in [5.74, 6) is 0.165. The van der Waals surface area contributed by atoms with Gasteiger partial charge in [0.25, 0.3) is 0 Å². The lowest BCUT2D eigenvalue weighted by molar-refractivity contribution is 0.0735. The van der Waals surface area contributed by atoms with Gasteiger partial charge in [-0.2, -0.15) is 5.21 Å². The van der Waals surface area contributed by atoms with Crippen molar-refractivity contribution in [3.63, 3.8) is 0 Å². The molecule has 29 heavy (non-hydrogen) atoms. The van der Waals surface area contributed by atoms with Gasteiger partial charge in [0, 0.05) is 5.35 Å². The highest BCUT2D eigenvalue weighted by Crippen LogP contribution is 2.29. The Morgan fingerprint density at radius 1 is 1.34 bits per heavy atom. The summed E-state index contributed by atoms with van der Waals surface area (Å²) in [6, 6.07) is 8.38. The largest absolute Gasteiger partial charge is 0.493 e. The number of nitrogens with one attached hydrogen (secondary N) is 1. The van der Waals surface area contributed by atoms with Crippen molar-refractivity contribution in [2.45, 2.75) is 0 Å². The number of H-pyrrole nitrogens is 1. The molecule has 0 spiro atoms. The molecule has 0 saturated heterocycles. The van der Waals surface area contributed by atoms with Gasteiger partial charge >= 0.3 is 5.97 Å². The Kier molecular flexibility index (Phi) is 4.79. The average molecular weight is 409 g/mol. The zero-order chi connectivity index (χ0) is 20.4. The van der Waals surface area contributed by atoms with Crippen molar-refractivity contribution in [3.8, 4) is 17.4 Å². The summed E-state index contributed by atoms with van der Waals surface area (Å²) in [5, 5.41) is 19.2. The third-order valence-corrected chi connectivity index (χ3v) is 4.79. The number of carbonyl (C=O) groups excluding carboxylic acids is 1. The average Bonchev–Trinajstić information content (AvgIpc) is 3.47. The van der Waals surface area contributed by atoms with Gasteiger partial charge in [-0.1, -0.05) is 18.7 Å². The maximum atomic E-state index is 12.6. The number of ether oxygens (including phenoxy) is 2. The number of nitrogens with zero attached hydrogens (tertiary/aromatic N) is 5. The standard InChI is InChI=1S/C18H13N6O4S/c1-10-12(16(25)24(21-10)18-19-22-23-20-18)8-11-5-6-13(14(9-11)27-2)28-17(26)15-4-3-7-29-15/h3-9,21H,1H2,2H3/q-1/b12-8+. The van der Waals surface area contributed by atoms with Crippen LogP contribution in [0.3, 0.4) is 0 Å². The molecule has 4 aromatic rings. The zero-order valence-electron chi connectivity index (χ0n) is 15.0. The van der Waals surface area contributed by atoms with Crippen molar-refractivity contribution in [2.24, 2.45) is 0 Å². The number of hydrogen-bond acceptors (Lipinski definition) is 8. The van der Waals surface area contributed by atoms with E-state index in [1.807, 2.05) is 0 Å². The quantitative estimate of drug-likeness (QED) is 0.356. The second kappa shape index (κ2) is 7.56. The minimum absolute atomic E-state index is 0.0213. The molecule has 0 bridgehead atoms. The number of tetrazole rings is 1. The second-order valence-electron chi connectivity index (χ2n) is 5.74. The molecule has 0 amide bonds. The van der Waals surface area contributed by atoms with Crippen LogP contribution in [-0.4, -0.2) is 38.4 Å². The van der Waals surface area contributed by atoms with Crippen LogP contribution in [0, 0.1) is 0 Å². The predicted octanol–water partition coefficient (Wildman–Crippen LogP) is -0.164. The molecule has 0 saturated carbocycles. The summed E-state index contributed by atoms with van der Waals surface area (Å²) >= 11 is 1.28. The molecule has 3 heterocycles. The number of hydrogen-bond donors (Lipinski definition) is 1. The van der Waals surface area contributed by atoms with E-state index in [-0.39, 0.29) is 11.7 Å². The van der Waals surface area contributed by atoms with Crippen LogP contribution in [0.5, 0.6) is 11.5 Å². The van der Waals surface area contributed by atoms with Gasteiger partial charge in [-0.05, 0) is 35.2 Å². The molecule has 3 aromatic heterocycles. The highest BCUT2D eigenvalue weighted by molar-refractivity contribution is 7.12. The lowest BCUT2D eigenvalue weighted by Gasteiger charge is -2.09. The van der Waals surface area contributed by atoms with Crippen LogP contribution in [0.1, 0.15) is 15.2 Å². The van der Waals surface area contributed by atoms with Crippen LogP contribution in [0.4, 0.5) is 0 Å². The first-order valence-corrected chi connectivity index (χ1v) is 9.09. The van der Waals surface area contributed by atoms with E-state index in [9.17, 15) is 9.59 Å². The zero-order valence-corrected chi connectivity index (χ0v) is 15.8. The Balaban J connectivity index is 1.69. The topological polar surface area (TPSA) is 126 Å². The molecule has 0 fully saturated rings. The van der Waals surface area contributed by atoms with Crippen molar-refractivity contribution in [1.29, 1.82) is 0 Å². The molecule has 1 N–H and O–H groups in total. The number of rotatable bonds is 5. The Morgan fingerprint density at radius 2 is 2.21 bits per heavy atom. The number of carbonyl (C=O) groups is 1. The Bertz CT molecular complexity index is 1320. The summed E-state index contributed by atoms with van der Waals surface area (Å²) in [5.41, 5.74) is 0.238. The van der Waals surface area contributed by atoms with Gasteiger partial charge in [0.1, 0.15) is 10.8 Å². The summed E-state index contributed by atoms with van der Waals surface area (Å²) < 4.78 is 11.8. The highest BCUT2D eigenvalue weighted by Gasteiger charge is 2.13.